The molecule has 2 aromatic rings. The van der Waals surface area contributed by atoms with Crippen LogP contribution in [0.25, 0.3) is 5.57 Å². The molecule has 0 N–H and O–H groups in total. The average molecular weight is 390 g/mol. The molecule has 1 aliphatic heterocycles. The van der Waals surface area contributed by atoms with Crippen molar-refractivity contribution in [3.05, 3.63) is 69.3 Å². The number of rotatable bonds is 4. The zero-order chi connectivity index (χ0) is 19.0. The predicted molar refractivity (Wildman–Crippen MR) is 105 cm³/mol. The van der Waals surface area contributed by atoms with Crippen LogP contribution in [0.2, 0.25) is 5.02 Å². The molecule has 0 fully saturated rings. The van der Waals surface area contributed by atoms with Gasteiger partial charge in [0.2, 0.25) is 0 Å². The summed E-state index contributed by atoms with van der Waals surface area (Å²) in [6.07, 6.45) is 0. The Labute approximate surface area is 160 Å². The van der Waals surface area contributed by atoms with Gasteiger partial charge in [-0.15, -0.1) is 11.8 Å². The van der Waals surface area contributed by atoms with Crippen LogP contribution in [0.5, 0.6) is 0 Å². The van der Waals surface area contributed by atoms with Crippen LogP contribution in [0.4, 0.5) is 10.1 Å². The molecule has 3 rings (SSSR count). The van der Waals surface area contributed by atoms with Gasteiger partial charge in [-0.3, -0.25) is 9.59 Å². The fraction of sp³-hybridized carbons (Fsp3) is 0.200. The van der Waals surface area contributed by atoms with E-state index in [-0.39, 0.29) is 11.2 Å². The molecule has 6 heteroatoms. The third-order valence-electron chi connectivity index (χ3n) is 3.94. The summed E-state index contributed by atoms with van der Waals surface area (Å²) in [5.74, 6) is -1.19. The lowest BCUT2D eigenvalue weighted by molar-refractivity contribution is -0.119. The number of nitrogens with zero attached hydrogens (tertiary/aromatic N) is 1. The van der Waals surface area contributed by atoms with Gasteiger partial charge in [0, 0.05) is 10.3 Å². The van der Waals surface area contributed by atoms with Crippen molar-refractivity contribution in [2.24, 2.45) is 0 Å². The monoisotopic (exact) mass is 389 g/mol. The summed E-state index contributed by atoms with van der Waals surface area (Å²) in [5.41, 5.74) is 2.06. The van der Waals surface area contributed by atoms with Crippen LogP contribution < -0.4 is 4.90 Å². The first-order valence-corrected chi connectivity index (χ1v) is 9.37. The summed E-state index contributed by atoms with van der Waals surface area (Å²) in [6.45, 7) is 5.72. The van der Waals surface area contributed by atoms with E-state index in [1.165, 1.54) is 36.0 Å². The Bertz CT molecular complexity index is 922. The van der Waals surface area contributed by atoms with Gasteiger partial charge in [-0.2, -0.15) is 0 Å². The molecule has 3 nitrogen and oxygen atoms in total. The highest BCUT2D eigenvalue weighted by molar-refractivity contribution is 8.04. The summed E-state index contributed by atoms with van der Waals surface area (Å²) < 4.78 is 13.3. The fourth-order valence-corrected chi connectivity index (χ4v) is 3.92. The summed E-state index contributed by atoms with van der Waals surface area (Å²) in [4.78, 5) is 27.8. The Kier molecular flexibility index (Phi) is 5.21. The lowest BCUT2D eigenvalue weighted by Crippen LogP contribution is -2.32. The molecule has 0 aromatic heterocycles. The van der Waals surface area contributed by atoms with Crippen molar-refractivity contribution in [1.29, 1.82) is 0 Å². The third kappa shape index (κ3) is 3.41. The van der Waals surface area contributed by atoms with Gasteiger partial charge in [0.1, 0.15) is 5.82 Å². The van der Waals surface area contributed by atoms with Crippen molar-refractivity contribution in [1.82, 2.24) is 0 Å². The Morgan fingerprint density at radius 1 is 1.04 bits per heavy atom. The number of aryl methyl sites for hydroxylation is 1. The topological polar surface area (TPSA) is 37.4 Å². The van der Waals surface area contributed by atoms with E-state index in [9.17, 15) is 14.0 Å². The summed E-state index contributed by atoms with van der Waals surface area (Å²) in [5, 5.41) is 0.553. The van der Waals surface area contributed by atoms with Gasteiger partial charge in [0.05, 0.1) is 16.2 Å². The van der Waals surface area contributed by atoms with Crippen LogP contribution in [0.3, 0.4) is 0 Å². The first-order chi connectivity index (χ1) is 12.3. The Balaban J connectivity index is 2.14. The SMILES string of the molecule is Cc1ccc(Cl)cc1N1C(=O)C(SC(C)C)=C(c2ccc(F)cc2)C1=O. The lowest BCUT2D eigenvalue weighted by Gasteiger charge is -2.18. The maximum Gasteiger partial charge on any atom is 0.272 e. The Hall–Kier alpha value is -2.11. The molecule has 0 atom stereocenters. The van der Waals surface area contributed by atoms with E-state index >= 15 is 0 Å². The minimum atomic E-state index is -0.421. The molecule has 0 bridgehead atoms. The van der Waals surface area contributed by atoms with Crippen LogP contribution in [0.15, 0.2) is 47.4 Å². The van der Waals surface area contributed by atoms with Gasteiger partial charge in [0.25, 0.3) is 11.8 Å². The molecular formula is C20H17ClFNO2S. The van der Waals surface area contributed by atoms with Crippen LogP contribution in [-0.2, 0) is 9.59 Å². The number of amides is 2. The van der Waals surface area contributed by atoms with Gasteiger partial charge in [-0.05, 0) is 42.3 Å². The summed E-state index contributed by atoms with van der Waals surface area (Å²) in [6, 6.07) is 10.7. The van der Waals surface area contributed by atoms with Crippen LogP contribution >= 0.6 is 23.4 Å². The maximum absolute atomic E-state index is 13.3. The zero-order valence-electron chi connectivity index (χ0n) is 14.5. The second-order valence-corrected chi connectivity index (χ2v) is 8.28. The standard InChI is InChI=1S/C20H17ClFNO2S/c1-11(2)26-18-17(13-5-8-15(22)9-6-13)19(24)23(20(18)25)16-10-14(21)7-4-12(16)3/h4-11H,1-3H3. The number of hydrogen-bond donors (Lipinski definition) is 0. The number of carbonyl (C=O) groups excluding carboxylic acids is 2. The van der Waals surface area contributed by atoms with Crippen LogP contribution in [0, 0.1) is 12.7 Å². The van der Waals surface area contributed by atoms with Gasteiger partial charge < -0.3 is 0 Å². The van der Waals surface area contributed by atoms with Gasteiger partial charge in [-0.1, -0.05) is 43.6 Å². The minimum Gasteiger partial charge on any atom is -0.268 e. The quantitative estimate of drug-likeness (QED) is 0.673. The van der Waals surface area contributed by atoms with Crippen LogP contribution in [0.1, 0.15) is 25.0 Å². The van der Waals surface area contributed by atoms with Gasteiger partial charge in [-0.25, -0.2) is 9.29 Å². The minimum absolute atomic E-state index is 0.109. The van der Waals surface area contributed by atoms with Crippen molar-refractivity contribution >= 4 is 46.4 Å². The average Bonchev–Trinajstić information content (AvgIpc) is 2.81. The molecular weight excluding hydrogens is 373 g/mol. The number of thioether (sulfide) groups is 1. The molecule has 1 aliphatic rings. The van der Waals surface area contributed by atoms with E-state index in [1.54, 1.807) is 18.2 Å². The second kappa shape index (κ2) is 7.25. The lowest BCUT2D eigenvalue weighted by atomic mass is 10.1. The van der Waals surface area contributed by atoms with E-state index in [4.69, 9.17) is 11.6 Å². The van der Waals surface area contributed by atoms with E-state index in [0.29, 0.717) is 26.8 Å². The first-order valence-electron chi connectivity index (χ1n) is 8.11. The van der Waals surface area contributed by atoms with Crippen molar-refractivity contribution in [2.45, 2.75) is 26.0 Å². The highest BCUT2D eigenvalue weighted by atomic mass is 35.5. The predicted octanol–water partition coefficient (Wildman–Crippen LogP) is 5.21. The largest absolute Gasteiger partial charge is 0.272 e. The van der Waals surface area contributed by atoms with Crippen molar-refractivity contribution in [3.8, 4) is 0 Å². The van der Waals surface area contributed by atoms with Crippen molar-refractivity contribution < 1.29 is 14.0 Å². The van der Waals surface area contributed by atoms with Gasteiger partial charge in [0.15, 0.2) is 0 Å². The number of anilines is 1. The van der Waals surface area contributed by atoms with Crippen molar-refractivity contribution in [2.75, 3.05) is 4.90 Å². The molecule has 0 spiro atoms. The molecule has 2 aromatic carbocycles. The first kappa shape index (κ1) is 18.7. The summed E-state index contributed by atoms with van der Waals surface area (Å²) in [7, 11) is 0. The normalized spacial score (nSPS) is 14.8. The molecule has 1 heterocycles. The Morgan fingerprint density at radius 2 is 1.69 bits per heavy atom. The van der Waals surface area contributed by atoms with E-state index in [2.05, 4.69) is 0 Å². The third-order valence-corrected chi connectivity index (χ3v) is 5.26. The molecule has 0 radical (unpaired) electrons. The zero-order valence-corrected chi connectivity index (χ0v) is 16.1. The summed E-state index contributed by atoms with van der Waals surface area (Å²) >= 11 is 7.40. The van der Waals surface area contributed by atoms with E-state index in [0.717, 1.165) is 10.5 Å². The smallest absolute Gasteiger partial charge is 0.268 e. The number of imide groups is 1. The highest BCUT2D eigenvalue weighted by Crippen LogP contribution is 2.41. The second-order valence-electron chi connectivity index (χ2n) is 6.25. The molecule has 134 valence electrons. The molecule has 0 saturated carbocycles. The molecule has 0 aliphatic carbocycles. The number of benzene rings is 2. The number of hydrogen-bond acceptors (Lipinski definition) is 3. The molecule has 26 heavy (non-hydrogen) atoms. The maximum atomic E-state index is 13.3. The van der Waals surface area contributed by atoms with E-state index in [1.807, 2.05) is 20.8 Å². The highest BCUT2D eigenvalue weighted by Gasteiger charge is 2.41. The number of halogens is 2. The van der Waals surface area contributed by atoms with Crippen LogP contribution in [-0.4, -0.2) is 17.1 Å². The molecule has 2 amide bonds. The van der Waals surface area contributed by atoms with E-state index < -0.39 is 11.7 Å². The molecule has 0 saturated heterocycles. The van der Waals surface area contributed by atoms with Crippen molar-refractivity contribution in [3.63, 3.8) is 0 Å². The number of carbonyl (C=O) groups is 2. The fourth-order valence-electron chi connectivity index (χ4n) is 2.77. The molecule has 0 unspecified atom stereocenters. The Morgan fingerprint density at radius 3 is 2.31 bits per heavy atom. The van der Waals surface area contributed by atoms with Gasteiger partial charge >= 0.3 is 0 Å².